The van der Waals surface area contributed by atoms with Crippen LogP contribution in [0.4, 0.5) is 4.39 Å². The SMILES string of the molecule is Cn1c(C2CC2)nn(CN2CCCC(c3nc(-c4cccc(F)c4)no3)C2)c1=S. The van der Waals surface area contributed by atoms with Gasteiger partial charge in [-0.3, -0.25) is 4.90 Å². The summed E-state index contributed by atoms with van der Waals surface area (Å²) in [5, 5.41) is 8.82. The van der Waals surface area contributed by atoms with E-state index in [1.54, 1.807) is 12.1 Å². The molecule has 1 saturated carbocycles. The molecule has 1 aromatic carbocycles. The predicted molar refractivity (Wildman–Crippen MR) is 107 cm³/mol. The second-order valence-electron chi connectivity index (χ2n) is 8.00. The highest BCUT2D eigenvalue weighted by atomic mass is 32.1. The highest BCUT2D eigenvalue weighted by Gasteiger charge is 2.30. The molecular weight excluding hydrogens is 391 g/mol. The summed E-state index contributed by atoms with van der Waals surface area (Å²) >= 11 is 5.59. The van der Waals surface area contributed by atoms with Gasteiger partial charge >= 0.3 is 0 Å². The van der Waals surface area contributed by atoms with Crippen LogP contribution in [0.15, 0.2) is 28.8 Å². The summed E-state index contributed by atoms with van der Waals surface area (Å²) in [6.07, 6.45) is 4.44. The molecule has 7 nitrogen and oxygen atoms in total. The van der Waals surface area contributed by atoms with Crippen molar-refractivity contribution in [2.75, 3.05) is 13.1 Å². The van der Waals surface area contributed by atoms with Crippen LogP contribution in [0.3, 0.4) is 0 Å². The van der Waals surface area contributed by atoms with Crippen LogP contribution in [-0.4, -0.2) is 42.5 Å². The Kier molecular flexibility index (Phi) is 4.79. The van der Waals surface area contributed by atoms with E-state index in [1.807, 2.05) is 16.3 Å². The van der Waals surface area contributed by atoms with E-state index in [-0.39, 0.29) is 11.7 Å². The van der Waals surface area contributed by atoms with Gasteiger partial charge in [0, 0.05) is 25.1 Å². The fraction of sp³-hybridized carbons (Fsp3) is 0.500. The summed E-state index contributed by atoms with van der Waals surface area (Å²) in [6.45, 7) is 2.46. The molecule has 2 fully saturated rings. The van der Waals surface area contributed by atoms with Crippen LogP contribution in [0, 0.1) is 10.6 Å². The average molecular weight is 415 g/mol. The largest absolute Gasteiger partial charge is 0.339 e. The molecule has 3 heterocycles. The van der Waals surface area contributed by atoms with Crippen LogP contribution in [0.5, 0.6) is 0 Å². The maximum absolute atomic E-state index is 13.5. The Morgan fingerprint density at radius 3 is 2.90 bits per heavy atom. The lowest BCUT2D eigenvalue weighted by Crippen LogP contribution is -2.36. The first-order chi connectivity index (χ1) is 14.1. The highest BCUT2D eigenvalue weighted by Crippen LogP contribution is 2.39. The van der Waals surface area contributed by atoms with Crippen molar-refractivity contribution in [2.24, 2.45) is 7.05 Å². The van der Waals surface area contributed by atoms with E-state index < -0.39 is 0 Å². The lowest BCUT2D eigenvalue weighted by molar-refractivity contribution is 0.143. The van der Waals surface area contributed by atoms with E-state index in [0.717, 1.165) is 36.5 Å². The van der Waals surface area contributed by atoms with E-state index in [1.165, 1.54) is 25.0 Å². The molecule has 0 radical (unpaired) electrons. The van der Waals surface area contributed by atoms with Crippen LogP contribution in [0.25, 0.3) is 11.4 Å². The highest BCUT2D eigenvalue weighted by molar-refractivity contribution is 7.71. The van der Waals surface area contributed by atoms with Gasteiger partial charge in [-0.1, -0.05) is 17.3 Å². The average Bonchev–Trinajstić information content (AvgIpc) is 3.38. The quantitative estimate of drug-likeness (QED) is 0.591. The zero-order valence-electron chi connectivity index (χ0n) is 16.3. The van der Waals surface area contributed by atoms with Gasteiger partial charge in [0.25, 0.3) is 0 Å². The molecule has 0 spiro atoms. The fourth-order valence-electron chi connectivity index (χ4n) is 4.01. The van der Waals surface area contributed by atoms with Gasteiger partial charge in [-0.15, -0.1) is 0 Å². The maximum atomic E-state index is 13.5. The minimum atomic E-state index is -0.310. The van der Waals surface area contributed by atoms with Crippen molar-refractivity contribution in [3.63, 3.8) is 0 Å². The van der Waals surface area contributed by atoms with Gasteiger partial charge in [0.1, 0.15) is 11.6 Å². The van der Waals surface area contributed by atoms with E-state index in [4.69, 9.17) is 21.8 Å². The lowest BCUT2D eigenvalue weighted by Gasteiger charge is -2.30. The Morgan fingerprint density at radius 2 is 2.10 bits per heavy atom. The second kappa shape index (κ2) is 7.46. The number of rotatable bonds is 5. The molecule has 2 aromatic heterocycles. The van der Waals surface area contributed by atoms with Crippen LogP contribution >= 0.6 is 12.2 Å². The number of halogens is 1. The topological polar surface area (TPSA) is 64.9 Å². The third-order valence-corrected chi connectivity index (χ3v) is 6.21. The van der Waals surface area contributed by atoms with E-state index in [0.29, 0.717) is 29.9 Å². The number of aromatic nitrogens is 5. The monoisotopic (exact) mass is 414 g/mol. The molecule has 1 unspecified atom stereocenters. The predicted octanol–water partition coefficient (Wildman–Crippen LogP) is 3.85. The summed E-state index contributed by atoms with van der Waals surface area (Å²) in [7, 11) is 2.00. The summed E-state index contributed by atoms with van der Waals surface area (Å²) in [4.78, 5) is 6.87. The first-order valence-corrected chi connectivity index (χ1v) is 10.4. The van der Waals surface area contributed by atoms with Gasteiger partial charge in [0.05, 0.1) is 12.6 Å². The number of likely N-dealkylation sites (tertiary alicyclic amines) is 1. The lowest BCUT2D eigenvalue weighted by atomic mass is 9.98. The smallest absolute Gasteiger partial charge is 0.231 e. The van der Waals surface area contributed by atoms with Gasteiger partial charge in [0.2, 0.25) is 11.7 Å². The van der Waals surface area contributed by atoms with Crippen molar-refractivity contribution in [2.45, 2.75) is 44.2 Å². The Balaban J connectivity index is 1.30. The van der Waals surface area contributed by atoms with Crippen molar-refractivity contribution in [3.8, 4) is 11.4 Å². The van der Waals surface area contributed by atoms with Crippen molar-refractivity contribution in [1.29, 1.82) is 0 Å². The molecule has 5 rings (SSSR count). The molecule has 0 bridgehead atoms. The van der Waals surface area contributed by atoms with Crippen molar-refractivity contribution >= 4 is 12.2 Å². The maximum Gasteiger partial charge on any atom is 0.231 e. The Hall–Kier alpha value is -2.39. The number of nitrogens with zero attached hydrogens (tertiary/aromatic N) is 6. The molecule has 2 aliphatic rings. The number of hydrogen-bond acceptors (Lipinski definition) is 6. The minimum Gasteiger partial charge on any atom is -0.339 e. The van der Waals surface area contributed by atoms with Crippen molar-refractivity contribution in [1.82, 2.24) is 29.4 Å². The zero-order chi connectivity index (χ0) is 20.0. The Morgan fingerprint density at radius 1 is 1.24 bits per heavy atom. The molecule has 0 N–H and O–H groups in total. The molecule has 1 aliphatic heterocycles. The van der Waals surface area contributed by atoms with Crippen LogP contribution in [0.2, 0.25) is 0 Å². The van der Waals surface area contributed by atoms with Crippen LogP contribution < -0.4 is 0 Å². The molecule has 1 saturated heterocycles. The van der Waals surface area contributed by atoms with E-state index in [9.17, 15) is 4.39 Å². The van der Waals surface area contributed by atoms with Gasteiger partial charge in [0.15, 0.2) is 4.77 Å². The summed E-state index contributed by atoms with van der Waals surface area (Å²) in [5.74, 6) is 2.54. The van der Waals surface area contributed by atoms with E-state index in [2.05, 4.69) is 15.0 Å². The third-order valence-electron chi connectivity index (χ3n) is 5.73. The number of benzene rings is 1. The van der Waals surface area contributed by atoms with Gasteiger partial charge in [-0.2, -0.15) is 10.1 Å². The summed E-state index contributed by atoms with van der Waals surface area (Å²) in [5.41, 5.74) is 0.625. The normalized spacial score (nSPS) is 20.3. The molecule has 3 aromatic rings. The van der Waals surface area contributed by atoms with E-state index >= 15 is 0 Å². The Labute approximate surface area is 173 Å². The molecular formula is C20H23FN6OS. The number of hydrogen-bond donors (Lipinski definition) is 0. The summed E-state index contributed by atoms with van der Waals surface area (Å²) < 4.78 is 23.7. The first kappa shape index (κ1) is 18.6. The molecule has 0 amide bonds. The standard InChI is InChI=1S/C20H23FN6OS/c1-25-18(13-7-8-13)23-27(20(25)29)12-26-9-3-5-15(11-26)19-22-17(24-28-19)14-4-2-6-16(21)10-14/h2,4,6,10,13,15H,3,5,7-9,11-12H2,1H3. The summed E-state index contributed by atoms with van der Waals surface area (Å²) in [6, 6.07) is 6.25. The molecule has 29 heavy (non-hydrogen) atoms. The van der Waals surface area contributed by atoms with Crippen LogP contribution in [0.1, 0.15) is 49.2 Å². The van der Waals surface area contributed by atoms with Crippen molar-refractivity contribution < 1.29 is 8.91 Å². The van der Waals surface area contributed by atoms with Gasteiger partial charge < -0.3 is 9.09 Å². The minimum absolute atomic E-state index is 0.152. The zero-order valence-corrected chi connectivity index (χ0v) is 17.1. The van der Waals surface area contributed by atoms with Crippen molar-refractivity contribution in [3.05, 3.63) is 46.6 Å². The Bertz CT molecular complexity index is 1080. The van der Waals surface area contributed by atoms with Gasteiger partial charge in [-0.05, 0) is 56.6 Å². The molecule has 1 atom stereocenters. The first-order valence-electron chi connectivity index (χ1n) is 10.0. The fourth-order valence-corrected chi connectivity index (χ4v) is 4.21. The molecule has 152 valence electrons. The molecule has 1 aliphatic carbocycles. The second-order valence-corrected chi connectivity index (χ2v) is 8.36. The molecule has 9 heteroatoms. The third kappa shape index (κ3) is 3.76. The van der Waals surface area contributed by atoms with Gasteiger partial charge in [-0.25, -0.2) is 9.07 Å². The van der Waals surface area contributed by atoms with Crippen LogP contribution in [-0.2, 0) is 13.7 Å². The number of piperidine rings is 1.